The van der Waals surface area contributed by atoms with Crippen molar-refractivity contribution in [3.63, 3.8) is 0 Å². The third kappa shape index (κ3) is 4.86. The van der Waals surface area contributed by atoms with Crippen LogP contribution in [-0.2, 0) is 0 Å². The van der Waals surface area contributed by atoms with E-state index in [4.69, 9.17) is 0 Å². The van der Waals surface area contributed by atoms with E-state index in [0.717, 1.165) is 18.8 Å². The van der Waals surface area contributed by atoms with E-state index in [2.05, 4.69) is 27.3 Å². The monoisotopic (exact) mass is 367 g/mol. The quantitative estimate of drug-likeness (QED) is 0.852. The molecule has 0 spiro atoms. The highest BCUT2D eigenvalue weighted by atomic mass is 16.2. The highest BCUT2D eigenvalue weighted by Gasteiger charge is 2.23. The van der Waals surface area contributed by atoms with Crippen LogP contribution in [-0.4, -0.2) is 35.4 Å². The highest BCUT2D eigenvalue weighted by Crippen LogP contribution is 2.23. The average molecular weight is 367 g/mol. The number of hydrogen-bond acceptors (Lipinski definition) is 3. The molecule has 144 valence electrons. The number of carbonyl (C=O) groups excluding carboxylic acids is 1. The summed E-state index contributed by atoms with van der Waals surface area (Å²) < 4.78 is 0. The van der Waals surface area contributed by atoms with Gasteiger partial charge in [-0.1, -0.05) is 43.2 Å². The number of aromatic amines is 1. The molecule has 5 nitrogen and oxygen atoms in total. The Morgan fingerprint density at radius 1 is 1.11 bits per heavy atom. The molecule has 1 fully saturated rings. The fraction of sp³-hybridized carbons (Fsp3) is 0.455. The van der Waals surface area contributed by atoms with Crippen LogP contribution in [0.2, 0.25) is 0 Å². The third-order valence-electron chi connectivity index (χ3n) is 5.31. The Kier molecular flexibility index (Phi) is 6.45. The molecule has 5 heteroatoms. The van der Waals surface area contributed by atoms with E-state index >= 15 is 0 Å². The topological polar surface area (TPSA) is 65.2 Å². The Morgan fingerprint density at radius 2 is 1.78 bits per heavy atom. The molecule has 2 N–H and O–H groups in total. The molecule has 3 rings (SSSR count). The van der Waals surface area contributed by atoms with Gasteiger partial charge >= 0.3 is 0 Å². The van der Waals surface area contributed by atoms with Crippen LogP contribution < -0.4 is 10.9 Å². The van der Waals surface area contributed by atoms with E-state index in [1.807, 2.05) is 31.2 Å². The number of hydrogen-bond donors (Lipinski definition) is 2. The fourth-order valence-corrected chi connectivity index (χ4v) is 3.95. The van der Waals surface area contributed by atoms with Crippen LogP contribution in [0.5, 0.6) is 0 Å². The first-order valence-electron chi connectivity index (χ1n) is 9.84. The Morgan fingerprint density at radius 3 is 2.41 bits per heavy atom. The second-order valence-corrected chi connectivity index (χ2v) is 7.43. The summed E-state index contributed by atoms with van der Waals surface area (Å²) in [5.41, 5.74) is 2.56. The van der Waals surface area contributed by atoms with E-state index in [1.165, 1.54) is 31.2 Å². The number of rotatable bonds is 5. The lowest BCUT2D eigenvalue weighted by molar-refractivity contribution is 0.0931. The maximum Gasteiger partial charge on any atom is 0.261 e. The molecule has 1 aromatic heterocycles. The normalized spacial score (nSPS) is 16.5. The molecule has 2 heterocycles. The van der Waals surface area contributed by atoms with Crippen molar-refractivity contribution < 1.29 is 4.79 Å². The number of benzene rings is 1. The van der Waals surface area contributed by atoms with Crippen molar-refractivity contribution in [2.24, 2.45) is 0 Å². The lowest BCUT2D eigenvalue weighted by Gasteiger charge is -2.31. The first kappa shape index (κ1) is 19.4. The van der Waals surface area contributed by atoms with Crippen LogP contribution in [0.15, 0.2) is 41.2 Å². The van der Waals surface area contributed by atoms with Crippen molar-refractivity contribution >= 4 is 5.91 Å². The summed E-state index contributed by atoms with van der Waals surface area (Å²) in [4.78, 5) is 30.2. The van der Waals surface area contributed by atoms with Gasteiger partial charge in [0, 0.05) is 12.2 Å². The summed E-state index contributed by atoms with van der Waals surface area (Å²) in [6, 6.07) is 12.3. The second kappa shape index (κ2) is 9.00. The van der Waals surface area contributed by atoms with Crippen molar-refractivity contribution in [3.05, 3.63) is 69.1 Å². The van der Waals surface area contributed by atoms with Gasteiger partial charge in [0.25, 0.3) is 11.5 Å². The number of nitrogens with one attached hydrogen (secondary N) is 2. The maximum absolute atomic E-state index is 12.7. The first-order chi connectivity index (χ1) is 13.1. The number of pyridine rings is 1. The highest BCUT2D eigenvalue weighted by molar-refractivity contribution is 5.95. The number of aryl methyl sites for hydroxylation is 2. The molecule has 0 radical (unpaired) electrons. The van der Waals surface area contributed by atoms with Crippen LogP contribution in [0.3, 0.4) is 0 Å². The molecule has 1 amide bonds. The zero-order chi connectivity index (χ0) is 19.2. The van der Waals surface area contributed by atoms with E-state index < -0.39 is 0 Å². The van der Waals surface area contributed by atoms with E-state index in [1.54, 1.807) is 6.92 Å². The Bertz CT molecular complexity index is 821. The Labute approximate surface area is 160 Å². The largest absolute Gasteiger partial charge is 0.350 e. The summed E-state index contributed by atoms with van der Waals surface area (Å²) in [6.45, 7) is 6.20. The maximum atomic E-state index is 12.7. The molecule has 0 bridgehead atoms. The van der Waals surface area contributed by atoms with Gasteiger partial charge in [0.2, 0.25) is 0 Å². The van der Waals surface area contributed by atoms with E-state index in [-0.39, 0.29) is 23.1 Å². The van der Waals surface area contributed by atoms with Gasteiger partial charge in [-0.2, -0.15) is 0 Å². The fourth-order valence-electron chi connectivity index (χ4n) is 3.95. The number of H-pyrrole nitrogens is 1. The van der Waals surface area contributed by atoms with Gasteiger partial charge in [-0.3, -0.25) is 14.5 Å². The minimum Gasteiger partial charge on any atom is -0.350 e. The smallest absolute Gasteiger partial charge is 0.261 e. The van der Waals surface area contributed by atoms with Gasteiger partial charge in [-0.15, -0.1) is 0 Å². The van der Waals surface area contributed by atoms with Crippen molar-refractivity contribution in [1.82, 2.24) is 15.2 Å². The zero-order valence-electron chi connectivity index (χ0n) is 16.3. The SMILES string of the molecule is Cc1cc(C)c(C(=O)NC[C@H](c2ccccc2)N2CCCCCC2)c(=O)[nH]1. The molecule has 1 atom stereocenters. The van der Waals surface area contributed by atoms with Gasteiger partial charge in [-0.05, 0) is 57.0 Å². The molecule has 1 saturated heterocycles. The second-order valence-electron chi connectivity index (χ2n) is 7.43. The van der Waals surface area contributed by atoms with Crippen LogP contribution >= 0.6 is 0 Å². The van der Waals surface area contributed by atoms with Crippen LogP contribution in [0, 0.1) is 13.8 Å². The van der Waals surface area contributed by atoms with E-state index in [0.29, 0.717) is 12.1 Å². The predicted molar refractivity (Wildman–Crippen MR) is 108 cm³/mol. The lowest BCUT2D eigenvalue weighted by Crippen LogP contribution is -2.40. The molecule has 2 aromatic rings. The number of aromatic nitrogens is 1. The minimum atomic E-state index is -0.323. The number of likely N-dealkylation sites (tertiary alicyclic amines) is 1. The molecular weight excluding hydrogens is 338 g/mol. The summed E-state index contributed by atoms with van der Waals surface area (Å²) in [7, 11) is 0. The molecule has 1 aliphatic heterocycles. The minimum absolute atomic E-state index is 0.123. The molecule has 27 heavy (non-hydrogen) atoms. The zero-order valence-corrected chi connectivity index (χ0v) is 16.3. The summed E-state index contributed by atoms with van der Waals surface area (Å²) in [6.07, 6.45) is 4.91. The van der Waals surface area contributed by atoms with Crippen molar-refractivity contribution in [2.45, 2.75) is 45.6 Å². The van der Waals surface area contributed by atoms with Crippen molar-refractivity contribution in [2.75, 3.05) is 19.6 Å². The predicted octanol–water partition coefficient (Wildman–Crippen LogP) is 3.34. The average Bonchev–Trinajstić information content (AvgIpc) is 2.91. The molecule has 0 unspecified atom stereocenters. The van der Waals surface area contributed by atoms with Gasteiger partial charge in [-0.25, -0.2) is 0 Å². The summed E-state index contributed by atoms with van der Waals surface area (Å²) in [5, 5.41) is 3.02. The Hall–Kier alpha value is -2.40. The number of carbonyl (C=O) groups is 1. The molecule has 0 saturated carbocycles. The molecule has 0 aliphatic carbocycles. The van der Waals surface area contributed by atoms with Gasteiger partial charge in [0.05, 0.1) is 6.04 Å². The Balaban J connectivity index is 1.78. The number of nitrogens with zero attached hydrogens (tertiary/aromatic N) is 1. The van der Waals surface area contributed by atoms with Gasteiger partial charge in [0.15, 0.2) is 0 Å². The van der Waals surface area contributed by atoms with Crippen LogP contribution in [0.1, 0.15) is 58.9 Å². The van der Waals surface area contributed by atoms with Crippen LogP contribution in [0.4, 0.5) is 0 Å². The standard InChI is InChI=1S/C22H29N3O2/c1-16-14-17(2)24-22(27)20(16)21(26)23-15-19(18-10-6-5-7-11-18)25-12-8-3-4-9-13-25/h5-7,10-11,14,19H,3-4,8-9,12-13,15H2,1-2H3,(H,23,26)(H,24,27)/t19-/m1/s1. The molecule has 1 aromatic carbocycles. The molecule has 1 aliphatic rings. The first-order valence-corrected chi connectivity index (χ1v) is 9.84. The number of amides is 1. The summed E-state index contributed by atoms with van der Waals surface area (Å²) >= 11 is 0. The lowest BCUT2D eigenvalue weighted by atomic mass is 10.0. The van der Waals surface area contributed by atoms with Gasteiger partial charge < -0.3 is 10.3 Å². The van der Waals surface area contributed by atoms with Crippen LogP contribution in [0.25, 0.3) is 0 Å². The molecular formula is C22H29N3O2. The third-order valence-corrected chi connectivity index (χ3v) is 5.31. The summed E-state index contributed by atoms with van der Waals surface area (Å²) in [5.74, 6) is -0.301. The van der Waals surface area contributed by atoms with Crippen molar-refractivity contribution in [3.8, 4) is 0 Å². The van der Waals surface area contributed by atoms with E-state index in [9.17, 15) is 9.59 Å². The van der Waals surface area contributed by atoms with Crippen molar-refractivity contribution in [1.29, 1.82) is 0 Å². The van der Waals surface area contributed by atoms with Gasteiger partial charge in [0.1, 0.15) is 5.56 Å².